The molecular weight excluding hydrogens is 344 g/mol. The van der Waals surface area contributed by atoms with Gasteiger partial charge in [-0.2, -0.15) is 0 Å². The highest BCUT2D eigenvalue weighted by Crippen LogP contribution is 2.15. The molecule has 0 atom stereocenters. The molecule has 0 radical (unpaired) electrons. The number of piperidine rings is 1. The van der Waals surface area contributed by atoms with Gasteiger partial charge >= 0.3 is 0 Å². The molecule has 2 aromatic heterocycles. The van der Waals surface area contributed by atoms with Gasteiger partial charge in [-0.25, -0.2) is 9.97 Å². The van der Waals surface area contributed by atoms with Crippen LogP contribution >= 0.6 is 0 Å². The number of nitrogens with one attached hydrogen (secondary N) is 1. The van der Waals surface area contributed by atoms with Crippen molar-refractivity contribution in [3.8, 4) is 0 Å². The molecule has 1 saturated heterocycles. The van der Waals surface area contributed by atoms with E-state index >= 15 is 0 Å². The number of para-hydroxylation sites is 1. The Kier molecular flexibility index (Phi) is 4.82. The van der Waals surface area contributed by atoms with Crippen LogP contribution in [0.15, 0.2) is 51.8 Å². The van der Waals surface area contributed by atoms with Crippen LogP contribution in [0.25, 0.3) is 11.0 Å². The molecule has 4 rings (SSSR count). The summed E-state index contributed by atoms with van der Waals surface area (Å²) in [5.74, 6) is 0.235. The van der Waals surface area contributed by atoms with Gasteiger partial charge in [0, 0.05) is 25.4 Å². The number of nitrogens with zero attached hydrogens (tertiary/aromatic N) is 3. The highest BCUT2D eigenvalue weighted by Gasteiger charge is 2.15. The molecule has 1 aromatic carbocycles. The van der Waals surface area contributed by atoms with Gasteiger partial charge in [-0.05, 0) is 37.5 Å². The van der Waals surface area contributed by atoms with E-state index in [1.165, 1.54) is 12.5 Å². The molecule has 1 fully saturated rings. The Morgan fingerprint density at radius 1 is 1.15 bits per heavy atom. The van der Waals surface area contributed by atoms with Gasteiger partial charge in [0.1, 0.15) is 5.58 Å². The zero-order valence-corrected chi connectivity index (χ0v) is 14.9. The molecule has 3 heterocycles. The predicted octanol–water partition coefficient (Wildman–Crippen LogP) is 2.50. The minimum atomic E-state index is -0.448. The topological polar surface area (TPSA) is 88.3 Å². The number of carbonyl (C=O) groups excluding carboxylic acids is 1. The number of amides is 1. The third kappa shape index (κ3) is 3.81. The van der Waals surface area contributed by atoms with E-state index in [-0.39, 0.29) is 17.7 Å². The lowest BCUT2D eigenvalue weighted by Crippen LogP contribution is -2.31. The number of anilines is 1. The fourth-order valence-corrected chi connectivity index (χ4v) is 3.20. The van der Waals surface area contributed by atoms with E-state index in [4.69, 9.17) is 4.42 Å². The summed E-state index contributed by atoms with van der Waals surface area (Å²) in [4.78, 5) is 35.6. The molecule has 3 aromatic rings. The lowest BCUT2D eigenvalue weighted by atomic mass is 10.1. The van der Waals surface area contributed by atoms with Gasteiger partial charge in [0.25, 0.3) is 5.91 Å². The first-order valence-corrected chi connectivity index (χ1v) is 9.09. The summed E-state index contributed by atoms with van der Waals surface area (Å²) < 4.78 is 5.56. The molecule has 0 spiro atoms. The van der Waals surface area contributed by atoms with Gasteiger partial charge in [0.05, 0.1) is 17.6 Å². The molecule has 1 amide bonds. The second-order valence-corrected chi connectivity index (χ2v) is 6.55. The van der Waals surface area contributed by atoms with E-state index < -0.39 is 5.91 Å². The summed E-state index contributed by atoms with van der Waals surface area (Å²) >= 11 is 0. The van der Waals surface area contributed by atoms with Crippen LogP contribution in [0, 0.1) is 0 Å². The second-order valence-electron chi connectivity index (χ2n) is 6.55. The summed E-state index contributed by atoms with van der Waals surface area (Å²) in [5, 5.41) is 3.21. The Morgan fingerprint density at radius 2 is 1.96 bits per heavy atom. The van der Waals surface area contributed by atoms with Gasteiger partial charge in [-0.3, -0.25) is 9.59 Å². The van der Waals surface area contributed by atoms with Gasteiger partial charge in [0.2, 0.25) is 5.95 Å². The third-order valence-electron chi connectivity index (χ3n) is 4.63. The van der Waals surface area contributed by atoms with Crippen LogP contribution in [0.4, 0.5) is 5.95 Å². The van der Waals surface area contributed by atoms with Crippen molar-refractivity contribution in [2.75, 3.05) is 18.0 Å². The third-order valence-corrected chi connectivity index (χ3v) is 4.63. The Labute approximate surface area is 156 Å². The maximum atomic E-state index is 12.4. The lowest BCUT2D eigenvalue weighted by molar-refractivity contribution is 0.0923. The van der Waals surface area contributed by atoms with Crippen LogP contribution in [-0.4, -0.2) is 29.0 Å². The van der Waals surface area contributed by atoms with E-state index in [0.717, 1.165) is 25.9 Å². The van der Waals surface area contributed by atoms with Crippen molar-refractivity contribution >= 4 is 22.8 Å². The van der Waals surface area contributed by atoms with Crippen molar-refractivity contribution in [3.63, 3.8) is 0 Å². The Balaban J connectivity index is 1.47. The van der Waals surface area contributed by atoms with Gasteiger partial charge in [0.15, 0.2) is 11.2 Å². The number of rotatable bonds is 4. The summed E-state index contributed by atoms with van der Waals surface area (Å²) in [5.41, 5.74) is 0.864. The first-order chi connectivity index (χ1) is 13.2. The number of hydrogen-bond acceptors (Lipinski definition) is 6. The molecule has 0 unspecified atom stereocenters. The minimum absolute atomic E-state index is 0.0102. The Bertz CT molecular complexity index is 1020. The molecule has 0 saturated carbocycles. The number of hydrogen-bond donors (Lipinski definition) is 1. The number of carbonyl (C=O) groups is 1. The molecule has 7 nitrogen and oxygen atoms in total. The quantitative estimate of drug-likeness (QED) is 0.765. The molecule has 1 aliphatic heterocycles. The fourth-order valence-electron chi connectivity index (χ4n) is 3.20. The van der Waals surface area contributed by atoms with Crippen molar-refractivity contribution < 1.29 is 9.21 Å². The second kappa shape index (κ2) is 7.57. The normalized spacial score (nSPS) is 14.3. The Morgan fingerprint density at radius 3 is 2.81 bits per heavy atom. The standard InChI is InChI=1S/C20H20N4O3/c25-16-12-18(27-17-7-3-2-6-15(16)17)19(26)22-13-14-8-9-21-20(23-14)24-10-4-1-5-11-24/h2-3,6-9,12H,1,4-5,10-11,13H2,(H,22,26). The molecule has 27 heavy (non-hydrogen) atoms. The first kappa shape index (κ1) is 17.2. The Hall–Kier alpha value is -3.22. The summed E-state index contributed by atoms with van der Waals surface area (Å²) in [6.45, 7) is 2.15. The van der Waals surface area contributed by atoms with Gasteiger partial charge in [-0.1, -0.05) is 12.1 Å². The van der Waals surface area contributed by atoms with E-state index in [1.807, 2.05) is 0 Å². The summed E-state index contributed by atoms with van der Waals surface area (Å²) in [7, 11) is 0. The largest absolute Gasteiger partial charge is 0.451 e. The lowest BCUT2D eigenvalue weighted by Gasteiger charge is -2.26. The van der Waals surface area contributed by atoms with E-state index in [9.17, 15) is 9.59 Å². The van der Waals surface area contributed by atoms with Crippen molar-refractivity contribution in [2.24, 2.45) is 0 Å². The van der Waals surface area contributed by atoms with Crippen LogP contribution in [0.1, 0.15) is 35.5 Å². The summed E-state index contributed by atoms with van der Waals surface area (Å²) in [6, 6.07) is 9.85. The number of benzene rings is 1. The maximum absolute atomic E-state index is 12.4. The van der Waals surface area contributed by atoms with Crippen molar-refractivity contribution in [3.05, 3.63) is 64.3 Å². The molecule has 7 heteroatoms. The molecule has 1 N–H and O–H groups in total. The van der Waals surface area contributed by atoms with Crippen molar-refractivity contribution in [1.29, 1.82) is 0 Å². The van der Waals surface area contributed by atoms with Crippen LogP contribution in [0.2, 0.25) is 0 Å². The van der Waals surface area contributed by atoms with Crippen LogP contribution in [0.3, 0.4) is 0 Å². The highest BCUT2D eigenvalue weighted by molar-refractivity contribution is 5.93. The van der Waals surface area contributed by atoms with E-state index in [0.29, 0.717) is 22.6 Å². The van der Waals surface area contributed by atoms with Crippen molar-refractivity contribution in [2.45, 2.75) is 25.8 Å². The SMILES string of the molecule is O=C(NCc1ccnc(N2CCCCC2)n1)c1cc(=O)c2ccccc2o1. The molecule has 0 aliphatic carbocycles. The van der Waals surface area contributed by atoms with Gasteiger partial charge < -0.3 is 14.6 Å². The van der Waals surface area contributed by atoms with Crippen molar-refractivity contribution in [1.82, 2.24) is 15.3 Å². The minimum Gasteiger partial charge on any atom is -0.451 e. The van der Waals surface area contributed by atoms with Crippen LogP contribution < -0.4 is 15.6 Å². The molecule has 1 aliphatic rings. The average Bonchev–Trinajstić information content (AvgIpc) is 2.73. The predicted molar refractivity (Wildman–Crippen MR) is 102 cm³/mol. The monoisotopic (exact) mass is 364 g/mol. The maximum Gasteiger partial charge on any atom is 0.287 e. The molecule has 0 bridgehead atoms. The summed E-state index contributed by atoms with van der Waals surface area (Å²) in [6.07, 6.45) is 5.23. The highest BCUT2D eigenvalue weighted by atomic mass is 16.3. The zero-order valence-electron chi connectivity index (χ0n) is 14.9. The van der Waals surface area contributed by atoms with E-state index in [1.54, 1.807) is 36.5 Å². The zero-order chi connectivity index (χ0) is 18.6. The molecule has 138 valence electrons. The van der Waals surface area contributed by atoms with Crippen LogP contribution in [-0.2, 0) is 6.54 Å². The first-order valence-electron chi connectivity index (χ1n) is 9.09. The number of fused-ring (bicyclic) bond motifs is 1. The van der Waals surface area contributed by atoms with Crippen LogP contribution in [0.5, 0.6) is 0 Å². The van der Waals surface area contributed by atoms with E-state index in [2.05, 4.69) is 20.2 Å². The smallest absolute Gasteiger partial charge is 0.287 e. The molecular formula is C20H20N4O3. The average molecular weight is 364 g/mol. The fraction of sp³-hybridized carbons (Fsp3) is 0.300. The van der Waals surface area contributed by atoms with Gasteiger partial charge in [-0.15, -0.1) is 0 Å². The number of aromatic nitrogens is 2.